The SMILES string of the molecule is C=CC1=C(C)/C2=C/c3c(C=C)c(C)c4[n]3[Fe]([Cl])[n]3/c(c(C)c(CCC(=O)O)/c3=C/C3=NC(=C\4)/C(C)=C3CCC(=O)O)=C\C1=N2.NCCCCC(N)C(=O)O. The van der Waals surface area contributed by atoms with Crippen LogP contribution in [-0.4, -0.2) is 64.4 Å². The molecular weight excluding hydrogens is 752 g/mol. The first-order chi connectivity index (χ1) is 25.6. The van der Waals surface area contributed by atoms with Gasteiger partial charge in [0.15, 0.2) is 0 Å². The van der Waals surface area contributed by atoms with Crippen molar-refractivity contribution in [1.29, 1.82) is 0 Å². The van der Waals surface area contributed by atoms with Crippen LogP contribution in [0.25, 0.3) is 30.4 Å². The first-order valence-electron chi connectivity index (χ1n) is 17.6. The van der Waals surface area contributed by atoms with Crippen molar-refractivity contribution in [3.63, 3.8) is 0 Å². The fraction of sp³-hybridized carbons (Fsp3) is 0.325. The molecule has 0 saturated carbocycles. The average Bonchev–Trinajstić information content (AvgIpc) is 3.76. The van der Waals surface area contributed by atoms with Gasteiger partial charge < -0.3 is 16.6 Å². The Morgan fingerprint density at radius 2 is 1.44 bits per heavy atom. The maximum atomic E-state index is 11.8. The summed E-state index contributed by atoms with van der Waals surface area (Å²) in [5.74, 6) is -2.72. The van der Waals surface area contributed by atoms with Gasteiger partial charge in [-0.1, -0.05) is 6.42 Å². The number of aliphatic carboxylic acids is 3. The number of nitrogens with two attached hydrogens (primary N) is 2. The molecule has 7 N–H and O–H groups in total. The van der Waals surface area contributed by atoms with Gasteiger partial charge >= 0.3 is 271 Å². The van der Waals surface area contributed by atoms with E-state index in [0.29, 0.717) is 25.1 Å². The fourth-order valence-electron chi connectivity index (χ4n) is 6.90. The van der Waals surface area contributed by atoms with Gasteiger partial charge in [-0.25, -0.2) is 0 Å². The number of allylic oxidation sites excluding steroid dienone is 5. The number of hydrogen-bond donors (Lipinski definition) is 5. The Kier molecular flexibility index (Phi) is 12.5. The molecule has 0 radical (unpaired) electrons. The monoisotopic (exact) mass is 797 g/mol. The molecule has 287 valence electrons. The summed E-state index contributed by atoms with van der Waals surface area (Å²) in [6.45, 7) is 16.9. The summed E-state index contributed by atoms with van der Waals surface area (Å²) in [7, 11) is 7.69. The largest absolute Gasteiger partial charge is 0.480 e. The number of rotatable bonds is 13. The number of carboxylic acids is 3. The number of unbranched alkanes of at least 4 members (excludes halogenated alkanes) is 1. The molecule has 6 rings (SSSR count). The second-order valence-corrected chi connectivity index (χ2v) is 15.9. The van der Waals surface area contributed by atoms with E-state index in [1.54, 1.807) is 0 Å². The molecule has 6 heterocycles. The molecule has 0 spiro atoms. The molecule has 1 unspecified atom stereocenters. The topological polar surface area (TPSA) is 199 Å². The summed E-state index contributed by atoms with van der Waals surface area (Å²) in [6, 6.07) is -0.716. The van der Waals surface area contributed by atoms with E-state index < -0.39 is 37.4 Å². The van der Waals surface area contributed by atoms with Crippen LogP contribution in [0.1, 0.15) is 86.0 Å². The van der Waals surface area contributed by atoms with Gasteiger partial charge in [0.25, 0.3) is 0 Å². The van der Waals surface area contributed by atoms with Crippen molar-refractivity contribution in [2.24, 2.45) is 21.5 Å². The minimum Gasteiger partial charge on any atom is -0.480 e. The predicted molar refractivity (Wildman–Crippen MR) is 211 cm³/mol. The van der Waals surface area contributed by atoms with Gasteiger partial charge in [0.2, 0.25) is 0 Å². The third kappa shape index (κ3) is 7.73. The Bertz CT molecular complexity index is 2300. The number of carboxylic acid groups (broad SMARTS) is 3. The first kappa shape index (κ1) is 40.4. The van der Waals surface area contributed by atoms with E-state index in [-0.39, 0.29) is 19.3 Å². The molecule has 1 atom stereocenters. The zero-order chi connectivity index (χ0) is 39.6. The van der Waals surface area contributed by atoms with Crippen LogP contribution in [-0.2, 0) is 34.2 Å². The molecule has 12 nitrogen and oxygen atoms in total. The second-order valence-electron chi connectivity index (χ2n) is 13.3. The Morgan fingerprint density at radius 1 is 0.833 bits per heavy atom. The van der Waals surface area contributed by atoms with Crippen LogP contribution in [0.4, 0.5) is 0 Å². The Morgan fingerprint density at radius 3 is 2.06 bits per heavy atom. The van der Waals surface area contributed by atoms with Crippen LogP contribution in [0.2, 0.25) is 0 Å². The number of halogens is 1. The molecule has 4 aliphatic heterocycles. The third-order valence-electron chi connectivity index (χ3n) is 9.95. The molecule has 0 aromatic carbocycles. The number of hydrogen-bond acceptors (Lipinski definition) is 7. The molecule has 0 fully saturated rings. The van der Waals surface area contributed by atoms with Gasteiger partial charge in [0.05, 0.1) is 0 Å². The van der Waals surface area contributed by atoms with Crippen LogP contribution in [0, 0.1) is 13.8 Å². The van der Waals surface area contributed by atoms with Crippen LogP contribution in [0.3, 0.4) is 0 Å². The Labute approximate surface area is 322 Å². The van der Waals surface area contributed by atoms with Gasteiger partial charge in [0, 0.05) is 0 Å². The van der Waals surface area contributed by atoms with E-state index in [0.717, 1.165) is 96.6 Å². The number of nitrogens with zero attached hydrogens (tertiary/aromatic N) is 4. The van der Waals surface area contributed by atoms with Crippen LogP contribution in [0.5, 0.6) is 0 Å². The molecule has 14 heteroatoms. The van der Waals surface area contributed by atoms with Gasteiger partial charge in [-0.2, -0.15) is 0 Å². The minimum absolute atomic E-state index is 0.0370. The minimum atomic E-state index is -1.91. The molecule has 0 aliphatic carbocycles. The van der Waals surface area contributed by atoms with Crippen molar-refractivity contribution in [1.82, 2.24) is 7.17 Å². The standard InChI is InChI=1S/C34H34N4O4.C6H14N2O2.ClH.Fe/c1-7-21-17(3)25-13-26-19(5)23(9-11-33(39)40)31(37-26)16-32-24(10-12-34(41)42)20(6)28(38-32)15-30-22(8-2)18(4)27(36-30)14-29(21)35-25;7-4-2-1-3-5(8)6(9)10;;/h7-8,13-16H,1-2,9-12H2,3-6H3,(H4,35,36,37,38,39,40,41,42);5H,1-4,7-8H2,(H,9,10);1H;/q;;;+3/p-3/b25-13?,26-13-,27-14-,28-15-,29-14?,30-15?,31-16?,32-16-;;;. The normalized spacial score (nSPS) is 19.7. The van der Waals surface area contributed by atoms with Crippen molar-refractivity contribution in [2.75, 3.05) is 6.54 Å². The Hall–Kier alpha value is -4.78. The van der Waals surface area contributed by atoms with E-state index in [1.165, 1.54) is 0 Å². The molecule has 54 heavy (non-hydrogen) atoms. The van der Waals surface area contributed by atoms with Crippen LogP contribution >= 0.6 is 10.1 Å². The molecule has 2 aromatic heterocycles. The van der Waals surface area contributed by atoms with Crippen molar-refractivity contribution in [3.8, 4) is 0 Å². The molecule has 4 aliphatic rings. The Balaban J connectivity index is 0.000000493. The predicted octanol–water partition coefficient (Wildman–Crippen LogP) is 4.96. The van der Waals surface area contributed by atoms with Crippen LogP contribution < -0.4 is 22.2 Å². The average molecular weight is 798 g/mol. The molecule has 6 bridgehead atoms. The zero-order valence-electron chi connectivity index (χ0n) is 30.9. The summed E-state index contributed by atoms with van der Waals surface area (Å²) >= 11 is -1.91. The molecular formula is C40H46ClFeN6O6. The number of aliphatic imine (C=N–C) groups is 2. The zero-order valence-corrected chi connectivity index (χ0v) is 32.7. The van der Waals surface area contributed by atoms with E-state index in [2.05, 4.69) is 26.4 Å². The number of aromatic nitrogens is 2. The second kappa shape index (κ2) is 16.7. The van der Waals surface area contributed by atoms with Gasteiger partial charge in [-0.15, -0.1) is 0 Å². The summed E-state index contributed by atoms with van der Waals surface area (Å²) in [4.78, 5) is 43.6. The number of fused-ring (bicyclic) bond motifs is 2. The van der Waals surface area contributed by atoms with Crippen molar-refractivity contribution < 1.29 is 43.1 Å². The third-order valence-corrected chi connectivity index (χ3v) is 12.8. The molecule has 0 saturated heterocycles. The summed E-state index contributed by atoms with van der Waals surface area (Å²) < 4.78 is 4.25. The summed E-state index contributed by atoms with van der Waals surface area (Å²) in [5.41, 5.74) is 22.5. The van der Waals surface area contributed by atoms with Crippen LogP contribution in [0.15, 0.2) is 62.9 Å². The molecule has 2 aromatic rings. The summed E-state index contributed by atoms with van der Waals surface area (Å²) in [6.07, 6.45) is 14.4. The number of carbonyl (C=O) groups is 3. The first-order valence-corrected chi connectivity index (χ1v) is 20.1. The van der Waals surface area contributed by atoms with Gasteiger partial charge in [0.1, 0.15) is 6.04 Å². The quantitative estimate of drug-likeness (QED) is 0.139. The van der Waals surface area contributed by atoms with E-state index >= 15 is 0 Å². The van der Waals surface area contributed by atoms with E-state index in [9.17, 15) is 24.6 Å². The smallest absolute Gasteiger partial charge is 0.320 e. The van der Waals surface area contributed by atoms with Gasteiger partial charge in [-0.05, 0) is 19.4 Å². The van der Waals surface area contributed by atoms with Gasteiger partial charge in [-0.3, -0.25) is 4.79 Å². The summed E-state index contributed by atoms with van der Waals surface area (Å²) in [5, 5.41) is 29.1. The fourth-order valence-corrected chi connectivity index (χ4v) is 9.99. The maximum absolute atomic E-state index is 11.8. The maximum Gasteiger partial charge on any atom is 0.320 e. The van der Waals surface area contributed by atoms with Crippen molar-refractivity contribution in [2.45, 2.75) is 78.7 Å². The van der Waals surface area contributed by atoms with E-state index in [1.807, 2.05) is 58.1 Å². The van der Waals surface area contributed by atoms with Crippen molar-refractivity contribution in [3.05, 3.63) is 97.3 Å². The van der Waals surface area contributed by atoms with Crippen molar-refractivity contribution >= 4 is 69.8 Å². The molecule has 0 amide bonds. The van der Waals surface area contributed by atoms with E-state index in [4.69, 9.17) is 36.7 Å².